The smallest absolute Gasteiger partial charge is 0.310 e. The summed E-state index contributed by atoms with van der Waals surface area (Å²) in [5, 5.41) is 9.63. The standard InChI is InChI=1S/C21H24N2O4/c1-13-21-10-9-16(27-21)17(20(25)26)18(21)19(24)23(13)15-7-5-14(6-8-15)22-11-3-2-4-12-22/h5-10,13,16-18H,2-4,11-12H2,1H3,(H,25,26). The zero-order valence-corrected chi connectivity index (χ0v) is 15.4. The van der Waals surface area contributed by atoms with Gasteiger partial charge in [0, 0.05) is 24.5 Å². The molecule has 0 saturated carbocycles. The van der Waals surface area contributed by atoms with E-state index >= 15 is 0 Å². The van der Waals surface area contributed by atoms with Gasteiger partial charge in [-0.05, 0) is 50.5 Å². The van der Waals surface area contributed by atoms with Crippen LogP contribution >= 0.6 is 0 Å². The summed E-state index contributed by atoms with van der Waals surface area (Å²) in [4.78, 5) is 29.1. The molecule has 4 heterocycles. The van der Waals surface area contributed by atoms with Gasteiger partial charge in [0.05, 0.1) is 18.1 Å². The zero-order chi connectivity index (χ0) is 18.8. The van der Waals surface area contributed by atoms with Crippen molar-refractivity contribution in [2.45, 2.75) is 43.9 Å². The molecule has 6 heteroatoms. The average molecular weight is 368 g/mol. The van der Waals surface area contributed by atoms with E-state index in [1.54, 1.807) is 4.90 Å². The second kappa shape index (κ2) is 5.83. The van der Waals surface area contributed by atoms with Crippen LogP contribution in [0, 0.1) is 11.8 Å². The number of carbonyl (C=O) groups is 2. The molecule has 4 aliphatic heterocycles. The van der Waals surface area contributed by atoms with Crippen LogP contribution in [0.25, 0.3) is 0 Å². The highest BCUT2D eigenvalue weighted by Gasteiger charge is 2.70. The number of anilines is 2. The largest absolute Gasteiger partial charge is 0.481 e. The van der Waals surface area contributed by atoms with E-state index in [9.17, 15) is 14.7 Å². The number of hydrogen-bond acceptors (Lipinski definition) is 4. The monoisotopic (exact) mass is 368 g/mol. The van der Waals surface area contributed by atoms with Crippen molar-refractivity contribution in [3.05, 3.63) is 36.4 Å². The maximum Gasteiger partial charge on any atom is 0.310 e. The lowest BCUT2D eigenvalue weighted by atomic mass is 9.75. The first kappa shape index (κ1) is 16.8. The summed E-state index contributed by atoms with van der Waals surface area (Å²) in [5.41, 5.74) is 1.16. The first-order valence-electron chi connectivity index (χ1n) is 9.81. The molecule has 1 spiro atoms. The van der Waals surface area contributed by atoms with Crippen LogP contribution in [0.4, 0.5) is 11.4 Å². The number of amides is 1. The summed E-state index contributed by atoms with van der Waals surface area (Å²) in [6.45, 7) is 4.10. The SMILES string of the molecule is CC1N(c2ccc(N3CCCCC3)cc2)C(=O)C2C(C(=O)O)C3C=CC21O3. The van der Waals surface area contributed by atoms with E-state index in [2.05, 4.69) is 17.0 Å². The van der Waals surface area contributed by atoms with E-state index in [0.29, 0.717) is 0 Å². The third-order valence-corrected chi connectivity index (χ3v) is 6.76. The fourth-order valence-electron chi connectivity index (χ4n) is 5.40. The Kier molecular flexibility index (Phi) is 3.63. The van der Waals surface area contributed by atoms with E-state index in [-0.39, 0.29) is 11.9 Å². The minimum Gasteiger partial charge on any atom is -0.481 e. The van der Waals surface area contributed by atoms with Gasteiger partial charge in [-0.15, -0.1) is 0 Å². The minimum atomic E-state index is -0.959. The number of benzene rings is 1. The fraction of sp³-hybridized carbons (Fsp3) is 0.524. The second-order valence-corrected chi connectivity index (χ2v) is 8.09. The van der Waals surface area contributed by atoms with Crippen LogP contribution in [0.3, 0.4) is 0 Å². The first-order valence-corrected chi connectivity index (χ1v) is 9.81. The van der Waals surface area contributed by atoms with Gasteiger partial charge < -0.3 is 19.6 Å². The summed E-state index contributed by atoms with van der Waals surface area (Å²) in [5.74, 6) is -2.56. The summed E-state index contributed by atoms with van der Waals surface area (Å²) >= 11 is 0. The molecule has 1 N–H and O–H groups in total. The number of nitrogens with zero attached hydrogens (tertiary/aromatic N) is 2. The van der Waals surface area contributed by atoms with Gasteiger partial charge in [-0.25, -0.2) is 0 Å². The van der Waals surface area contributed by atoms with Crippen molar-refractivity contribution in [1.29, 1.82) is 0 Å². The molecule has 3 saturated heterocycles. The number of rotatable bonds is 3. The Morgan fingerprint density at radius 1 is 1.15 bits per heavy atom. The highest BCUT2D eigenvalue weighted by Crippen LogP contribution is 2.55. The second-order valence-electron chi connectivity index (χ2n) is 8.09. The molecule has 1 aromatic carbocycles. The number of fused-ring (bicyclic) bond motifs is 1. The molecule has 1 aromatic rings. The van der Waals surface area contributed by atoms with Crippen molar-refractivity contribution in [2.24, 2.45) is 11.8 Å². The number of aliphatic carboxylic acids is 1. The maximum atomic E-state index is 13.2. The molecule has 2 bridgehead atoms. The molecule has 5 rings (SSSR count). The molecule has 0 aromatic heterocycles. The Labute approximate surface area is 158 Å². The third-order valence-electron chi connectivity index (χ3n) is 6.76. The normalized spacial score (nSPS) is 37.1. The van der Waals surface area contributed by atoms with Gasteiger partial charge in [0.2, 0.25) is 5.91 Å². The Bertz CT molecular complexity index is 814. The van der Waals surface area contributed by atoms with Gasteiger partial charge in [0.1, 0.15) is 11.5 Å². The van der Waals surface area contributed by atoms with Crippen molar-refractivity contribution >= 4 is 23.3 Å². The number of ether oxygens (including phenoxy) is 1. The van der Waals surface area contributed by atoms with E-state index in [1.807, 2.05) is 31.2 Å². The van der Waals surface area contributed by atoms with Crippen LogP contribution in [0.15, 0.2) is 36.4 Å². The zero-order valence-electron chi connectivity index (χ0n) is 15.4. The Morgan fingerprint density at radius 3 is 2.48 bits per heavy atom. The molecule has 142 valence electrons. The topological polar surface area (TPSA) is 70.1 Å². The minimum absolute atomic E-state index is 0.146. The van der Waals surface area contributed by atoms with Crippen molar-refractivity contribution in [3.8, 4) is 0 Å². The molecule has 5 atom stereocenters. The number of carbonyl (C=O) groups excluding carboxylic acids is 1. The molecule has 1 amide bonds. The molecule has 3 fully saturated rings. The number of carboxylic acid groups (broad SMARTS) is 1. The average Bonchev–Trinajstić information content (AvgIpc) is 3.32. The van der Waals surface area contributed by atoms with Crippen LogP contribution in [0.5, 0.6) is 0 Å². The van der Waals surface area contributed by atoms with Crippen LogP contribution in [-0.2, 0) is 14.3 Å². The van der Waals surface area contributed by atoms with E-state index in [4.69, 9.17) is 4.74 Å². The predicted molar refractivity (Wildman–Crippen MR) is 101 cm³/mol. The summed E-state index contributed by atoms with van der Waals surface area (Å²) in [6.07, 6.45) is 6.94. The summed E-state index contributed by atoms with van der Waals surface area (Å²) in [6, 6.07) is 7.84. The predicted octanol–water partition coefficient (Wildman–Crippen LogP) is 2.44. The summed E-state index contributed by atoms with van der Waals surface area (Å²) < 4.78 is 6.05. The molecular formula is C21H24N2O4. The van der Waals surface area contributed by atoms with Gasteiger partial charge in [0.15, 0.2) is 0 Å². The van der Waals surface area contributed by atoms with Gasteiger partial charge in [-0.3, -0.25) is 9.59 Å². The van der Waals surface area contributed by atoms with Gasteiger partial charge >= 0.3 is 5.97 Å². The van der Waals surface area contributed by atoms with Crippen molar-refractivity contribution in [2.75, 3.05) is 22.9 Å². The summed E-state index contributed by atoms with van der Waals surface area (Å²) in [7, 11) is 0. The fourth-order valence-corrected chi connectivity index (χ4v) is 5.40. The van der Waals surface area contributed by atoms with E-state index < -0.39 is 29.5 Å². The van der Waals surface area contributed by atoms with E-state index in [1.165, 1.54) is 24.9 Å². The highest BCUT2D eigenvalue weighted by atomic mass is 16.5. The molecule has 0 radical (unpaired) electrons. The van der Waals surface area contributed by atoms with Crippen LogP contribution in [-0.4, -0.2) is 47.8 Å². The number of carboxylic acids is 1. The van der Waals surface area contributed by atoms with Crippen LogP contribution < -0.4 is 9.80 Å². The Morgan fingerprint density at radius 2 is 1.81 bits per heavy atom. The lowest BCUT2D eigenvalue weighted by Gasteiger charge is -2.31. The van der Waals surface area contributed by atoms with Crippen molar-refractivity contribution < 1.29 is 19.4 Å². The number of piperidine rings is 1. The van der Waals surface area contributed by atoms with E-state index in [0.717, 1.165) is 18.8 Å². The highest BCUT2D eigenvalue weighted by molar-refractivity contribution is 6.03. The van der Waals surface area contributed by atoms with Crippen LogP contribution in [0.1, 0.15) is 26.2 Å². The van der Waals surface area contributed by atoms with Gasteiger partial charge in [-0.1, -0.05) is 12.2 Å². The molecular weight excluding hydrogens is 344 g/mol. The maximum absolute atomic E-state index is 13.2. The molecule has 5 unspecified atom stereocenters. The molecule has 27 heavy (non-hydrogen) atoms. The first-order chi connectivity index (χ1) is 13.0. The molecule has 6 nitrogen and oxygen atoms in total. The van der Waals surface area contributed by atoms with Crippen molar-refractivity contribution in [1.82, 2.24) is 0 Å². The molecule has 0 aliphatic carbocycles. The van der Waals surface area contributed by atoms with Gasteiger partial charge in [0.25, 0.3) is 0 Å². The van der Waals surface area contributed by atoms with Crippen LogP contribution in [0.2, 0.25) is 0 Å². The Hall–Kier alpha value is -2.34. The van der Waals surface area contributed by atoms with Crippen molar-refractivity contribution in [3.63, 3.8) is 0 Å². The number of hydrogen-bond donors (Lipinski definition) is 1. The lowest BCUT2D eigenvalue weighted by molar-refractivity contribution is -0.146. The third kappa shape index (κ3) is 2.22. The quantitative estimate of drug-likeness (QED) is 0.830. The molecule has 4 aliphatic rings. The van der Waals surface area contributed by atoms with Gasteiger partial charge in [-0.2, -0.15) is 0 Å². The Balaban J connectivity index is 1.45. The lowest BCUT2D eigenvalue weighted by Crippen LogP contribution is -2.43.